The smallest absolute Gasteiger partial charge is 0.0778 e. The molecule has 0 aliphatic heterocycles. The Morgan fingerprint density at radius 1 is 1.10 bits per heavy atom. The molecule has 58 valence electrons. The quantitative estimate of drug-likeness (QED) is 0.558. The van der Waals surface area contributed by atoms with Crippen LogP contribution in [0.15, 0.2) is 0 Å². The van der Waals surface area contributed by atoms with Crippen LogP contribution in [0, 0.1) is 11.8 Å². The molecule has 2 rings (SSSR count). The molecule has 10 heavy (non-hydrogen) atoms. The third-order valence-corrected chi connectivity index (χ3v) is 5.59. The van der Waals surface area contributed by atoms with Gasteiger partial charge in [-0.2, -0.15) is 0 Å². The molecule has 0 nitrogen and oxygen atoms in total. The molecule has 2 aliphatic rings. The first-order chi connectivity index (χ1) is 4.77. The second kappa shape index (κ2) is 2.81. The molecule has 3 heteroatoms. The predicted octanol–water partition coefficient (Wildman–Crippen LogP) is 3.96. The van der Waals surface area contributed by atoms with Crippen LogP contribution in [0.2, 0.25) is 0 Å². The molecule has 0 saturated heterocycles. The Balaban J connectivity index is 2.02. The third kappa shape index (κ3) is 1.19. The predicted molar refractivity (Wildman–Crippen MR) is 47.9 cm³/mol. The van der Waals surface area contributed by atoms with Crippen molar-refractivity contribution in [2.24, 2.45) is 11.8 Å². The second-order valence-corrected chi connectivity index (χ2v) is 7.39. The van der Waals surface area contributed by atoms with Crippen molar-refractivity contribution in [2.45, 2.75) is 31.3 Å². The lowest BCUT2D eigenvalue weighted by Gasteiger charge is -2.21. The monoisotopic (exact) mass is 196 g/mol. The summed E-state index contributed by atoms with van der Waals surface area (Å²) in [5.74, 6) is 1.88. The molecule has 0 amide bonds. The Labute approximate surface area is 72.6 Å². The zero-order valence-electron chi connectivity index (χ0n) is 5.76. The van der Waals surface area contributed by atoms with E-state index < -0.39 is 6.63 Å². The normalized spacial score (nSPS) is 45.3. The van der Waals surface area contributed by atoms with Crippen molar-refractivity contribution in [3.8, 4) is 0 Å². The number of halogens is 2. The molecule has 0 heterocycles. The van der Waals surface area contributed by atoms with Gasteiger partial charge in [0.1, 0.15) is 0 Å². The minimum absolute atomic E-state index is 0.672. The summed E-state index contributed by atoms with van der Waals surface area (Å²) >= 11 is 11.8. The van der Waals surface area contributed by atoms with Gasteiger partial charge in [-0.3, -0.25) is 0 Å². The van der Waals surface area contributed by atoms with Gasteiger partial charge in [0.2, 0.25) is 0 Å². The molecular weight excluding hydrogens is 186 g/mol. The summed E-state index contributed by atoms with van der Waals surface area (Å²) in [6.07, 6.45) is 5.58. The van der Waals surface area contributed by atoms with Crippen LogP contribution in [0.4, 0.5) is 0 Å². The first kappa shape index (κ1) is 7.65. The van der Waals surface area contributed by atoms with E-state index in [1.54, 1.807) is 0 Å². The molecule has 0 unspecified atom stereocenters. The highest BCUT2D eigenvalue weighted by molar-refractivity contribution is 8.04. The average molecular weight is 197 g/mol. The van der Waals surface area contributed by atoms with Crippen LogP contribution in [0.25, 0.3) is 0 Å². The van der Waals surface area contributed by atoms with E-state index in [1.165, 1.54) is 25.7 Å². The lowest BCUT2D eigenvalue weighted by Crippen LogP contribution is -2.11. The van der Waals surface area contributed by atoms with Gasteiger partial charge in [-0.15, -0.1) is 0 Å². The standard InChI is InChI=1S/C7H11Cl2P/c8-10(9)7-4-5-1-2-6(7)3-5/h5-7H,1-4H2/t5-,6+,7+/m1/s1. The molecule has 3 atom stereocenters. The Kier molecular flexibility index (Phi) is 2.15. The number of fused-ring (bicyclic) bond motifs is 2. The van der Waals surface area contributed by atoms with E-state index in [-0.39, 0.29) is 0 Å². The minimum Gasteiger partial charge on any atom is -0.0778 e. The van der Waals surface area contributed by atoms with Crippen molar-refractivity contribution in [3.63, 3.8) is 0 Å². The number of hydrogen-bond donors (Lipinski definition) is 0. The lowest BCUT2D eigenvalue weighted by molar-refractivity contribution is 0.490. The average Bonchev–Trinajstić information content (AvgIpc) is 2.44. The summed E-state index contributed by atoms with van der Waals surface area (Å²) in [5, 5.41) is 0. The van der Waals surface area contributed by atoms with Gasteiger partial charge in [-0.05, 0) is 31.1 Å². The van der Waals surface area contributed by atoms with Crippen LogP contribution >= 0.6 is 29.1 Å². The first-order valence-corrected chi connectivity index (χ1v) is 7.10. The zero-order chi connectivity index (χ0) is 7.14. The SMILES string of the molecule is ClP(Cl)[C@H]1C[C@@H]2CC[C@H]1C2. The molecule has 2 bridgehead atoms. The van der Waals surface area contributed by atoms with E-state index in [9.17, 15) is 0 Å². The number of rotatable bonds is 1. The Morgan fingerprint density at radius 3 is 2.20 bits per heavy atom. The van der Waals surface area contributed by atoms with Gasteiger partial charge in [0.05, 0.1) is 6.63 Å². The highest BCUT2D eigenvalue weighted by Crippen LogP contribution is 2.63. The van der Waals surface area contributed by atoms with E-state index in [2.05, 4.69) is 0 Å². The Bertz CT molecular complexity index is 138. The van der Waals surface area contributed by atoms with Crippen molar-refractivity contribution >= 4 is 29.1 Å². The maximum Gasteiger partial charge on any atom is 0.0889 e. The van der Waals surface area contributed by atoms with Crippen LogP contribution in [0.1, 0.15) is 25.7 Å². The Hall–Kier alpha value is 1.01. The largest absolute Gasteiger partial charge is 0.0889 e. The van der Waals surface area contributed by atoms with E-state index in [0.717, 1.165) is 11.8 Å². The van der Waals surface area contributed by atoms with Gasteiger partial charge in [-0.1, -0.05) is 28.9 Å². The van der Waals surface area contributed by atoms with Crippen LogP contribution in [-0.4, -0.2) is 5.66 Å². The van der Waals surface area contributed by atoms with Gasteiger partial charge in [0, 0.05) is 5.66 Å². The summed E-state index contributed by atoms with van der Waals surface area (Å²) < 4.78 is 0. The van der Waals surface area contributed by atoms with Gasteiger partial charge < -0.3 is 0 Å². The molecule has 2 saturated carbocycles. The third-order valence-electron chi connectivity index (χ3n) is 2.95. The molecule has 0 radical (unpaired) electrons. The molecule has 2 fully saturated rings. The number of hydrogen-bond acceptors (Lipinski definition) is 0. The van der Waals surface area contributed by atoms with Crippen LogP contribution in [0.3, 0.4) is 0 Å². The fourth-order valence-corrected chi connectivity index (χ4v) is 4.93. The molecule has 2 aliphatic carbocycles. The maximum absolute atomic E-state index is 5.91. The second-order valence-electron chi connectivity index (χ2n) is 3.50. The highest BCUT2D eigenvalue weighted by atomic mass is 35.9. The molecular formula is C7H11Cl2P. The first-order valence-electron chi connectivity index (χ1n) is 3.88. The topological polar surface area (TPSA) is 0 Å². The summed E-state index contributed by atoms with van der Waals surface area (Å²) in [7, 11) is 0. The summed E-state index contributed by atoms with van der Waals surface area (Å²) in [6.45, 7) is -0.672. The van der Waals surface area contributed by atoms with Crippen molar-refractivity contribution in [1.82, 2.24) is 0 Å². The molecule has 0 N–H and O–H groups in total. The Morgan fingerprint density at radius 2 is 1.90 bits per heavy atom. The van der Waals surface area contributed by atoms with Crippen molar-refractivity contribution in [1.29, 1.82) is 0 Å². The highest BCUT2D eigenvalue weighted by Gasteiger charge is 2.42. The van der Waals surface area contributed by atoms with E-state index in [1.807, 2.05) is 0 Å². The summed E-state index contributed by atoms with van der Waals surface area (Å²) in [6, 6.07) is 0. The molecule has 0 aromatic rings. The molecule has 0 spiro atoms. The summed E-state index contributed by atoms with van der Waals surface area (Å²) in [4.78, 5) is 0. The lowest BCUT2D eigenvalue weighted by atomic mass is 10.0. The zero-order valence-corrected chi connectivity index (χ0v) is 8.17. The minimum atomic E-state index is -0.672. The molecule has 0 aromatic heterocycles. The van der Waals surface area contributed by atoms with E-state index in [0.29, 0.717) is 5.66 Å². The van der Waals surface area contributed by atoms with Crippen LogP contribution < -0.4 is 0 Å². The molecule has 0 aromatic carbocycles. The van der Waals surface area contributed by atoms with Gasteiger partial charge in [0.15, 0.2) is 0 Å². The van der Waals surface area contributed by atoms with Crippen LogP contribution in [0.5, 0.6) is 0 Å². The fraction of sp³-hybridized carbons (Fsp3) is 1.00. The van der Waals surface area contributed by atoms with Crippen molar-refractivity contribution in [2.75, 3.05) is 0 Å². The maximum atomic E-state index is 5.91. The van der Waals surface area contributed by atoms with E-state index >= 15 is 0 Å². The van der Waals surface area contributed by atoms with Gasteiger partial charge in [-0.25, -0.2) is 0 Å². The van der Waals surface area contributed by atoms with E-state index in [4.69, 9.17) is 22.5 Å². The van der Waals surface area contributed by atoms with Crippen molar-refractivity contribution < 1.29 is 0 Å². The fourth-order valence-electron chi connectivity index (χ4n) is 2.45. The van der Waals surface area contributed by atoms with Crippen molar-refractivity contribution in [3.05, 3.63) is 0 Å². The van der Waals surface area contributed by atoms with Gasteiger partial charge in [0.25, 0.3) is 0 Å². The van der Waals surface area contributed by atoms with Gasteiger partial charge >= 0.3 is 0 Å². The summed E-state index contributed by atoms with van der Waals surface area (Å²) in [5.41, 5.74) is 0.692. The van der Waals surface area contributed by atoms with Crippen LogP contribution in [-0.2, 0) is 0 Å².